The maximum Gasteiger partial charge on any atom is 0.268 e. The molecule has 0 saturated carbocycles. The molecule has 28 heavy (non-hydrogen) atoms. The molecule has 2 aromatic heterocycles. The second-order valence-electron chi connectivity index (χ2n) is 7.68. The lowest BCUT2D eigenvalue weighted by molar-refractivity contribution is -0.856. The molecular weight excluding hydrogens is 375 g/mol. The monoisotopic (exact) mass is 401 g/mol. The highest BCUT2D eigenvalue weighted by Crippen LogP contribution is 2.34. The fourth-order valence-electron chi connectivity index (χ4n) is 3.75. The minimum atomic E-state index is -0.319. The molecular formula is C21H26FN4OS+. The third-order valence-corrected chi connectivity index (χ3v) is 6.42. The van der Waals surface area contributed by atoms with Crippen LogP contribution in [0.3, 0.4) is 0 Å². The lowest BCUT2D eigenvalue weighted by Crippen LogP contribution is -3.06. The zero-order valence-corrected chi connectivity index (χ0v) is 17.2. The topological polar surface area (TPSA) is 51.4 Å². The van der Waals surface area contributed by atoms with E-state index in [1.165, 1.54) is 40.3 Å². The molecule has 1 aromatic carbocycles. The molecule has 0 radical (unpaired) electrons. The van der Waals surface area contributed by atoms with Crippen LogP contribution in [-0.2, 0) is 12.8 Å². The number of halogens is 1. The van der Waals surface area contributed by atoms with Gasteiger partial charge in [-0.3, -0.25) is 4.79 Å². The van der Waals surface area contributed by atoms with Crippen LogP contribution in [-0.4, -0.2) is 36.7 Å². The van der Waals surface area contributed by atoms with Crippen molar-refractivity contribution in [2.24, 2.45) is 0 Å². The first-order valence-corrected chi connectivity index (χ1v) is 10.7. The van der Waals surface area contributed by atoms with E-state index in [1.807, 2.05) is 0 Å². The molecule has 0 aliphatic heterocycles. The van der Waals surface area contributed by atoms with Gasteiger partial charge in [-0.05, 0) is 55.5 Å². The zero-order chi connectivity index (χ0) is 19.7. The molecule has 2 N–H and O–H groups in total. The summed E-state index contributed by atoms with van der Waals surface area (Å²) >= 11 is 1.66. The third kappa shape index (κ3) is 3.69. The largest absolute Gasteiger partial charge is 0.350 e. The summed E-state index contributed by atoms with van der Waals surface area (Å²) in [6.07, 6.45) is 5.45. The van der Waals surface area contributed by atoms with Crippen molar-refractivity contribution in [3.05, 3.63) is 50.9 Å². The van der Waals surface area contributed by atoms with E-state index in [9.17, 15) is 9.18 Å². The highest BCUT2D eigenvalue weighted by atomic mass is 32.1. The summed E-state index contributed by atoms with van der Waals surface area (Å²) < 4.78 is 15.1. The molecule has 0 atom stereocenters. The first-order chi connectivity index (χ1) is 13.5. The van der Waals surface area contributed by atoms with Gasteiger partial charge < -0.3 is 10.2 Å². The Morgan fingerprint density at radius 3 is 2.68 bits per heavy atom. The highest BCUT2D eigenvalue weighted by Gasteiger charge is 2.22. The molecule has 0 amide bonds. The maximum atomic E-state index is 13.6. The molecule has 5 nitrogen and oxygen atoms in total. The quantitative estimate of drug-likeness (QED) is 0.646. The Labute approximate surface area is 167 Å². The van der Waals surface area contributed by atoms with Gasteiger partial charge in [-0.1, -0.05) is 6.42 Å². The van der Waals surface area contributed by atoms with Crippen LogP contribution in [0.2, 0.25) is 0 Å². The highest BCUT2D eigenvalue weighted by molar-refractivity contribution is 7.18. The number of fused-ring (bicyclic) bond motifs is 3. The van der Waals surface area contributed by atoms with Crippen molar-refractivity contribution in [1.29, 1.82) is 0 Å². The van der Waals surface area contributed by atoms with Crippen LogP contribution in [0.4, 0.5) is 10.3 Å². The van der Waals surface area contributed by atoms with Crippen LogP contribution in [0.15, 0.2) is 29.1 Å². The number of likely N-dealkylation sites (N-methyl/N-ethyl adjacent to an activating group) is 1. The van der Waals surface area contributed by atoms with Crippen molar-refractivity contribution in [1.82, 2.24) is 9.55 Å². The van der Waals surface area contributed by atoms with Gasteiger partial charge in [0.2, 0.25) is 5.95 Å². The molecule has 1 aliphatic carbocycles. The van der Waals surface area contributed by atoms with Gasteiger partial charge in [0.1, 0.15) is 10.6 Å². The van der Waals surface area contributed by atoms with E-state index in [2.05, 4.69) is 19.4 Å². The molecule has 0 spiro atoms. The number of thiophene rings is 1. The molecule has 0 fully saturated rings. The van der Waals surface area contributed by atoms with Gasteiger partial charge in [0.25, 0.3) is 5.56 Å². The number of hydrogen-bond donors (Lipinski definition) is 2. The van der Waals surface area contributed by atoms with Crippen molar-refractivity contribution in [2.45, 2.75) is 32.1 Å². The van der Waals surface area contributed by atoms with Gasteiger partial charge in [0, 0.05) is 4.88 Å². The van der Waals surface area contributed by atoms with Crippen molar-refractivity contribution in [3.63, 3.8) is 0 Å². The first-order valence-electron chi connectivity index (χ1n) is 9.90. The van der Waals surface area contributed by atoms with Gasteiger partial charge in [-0.2, -0.15) is 0 Å². The minimum absolute atomic E-state index is 0.0595. The van der Waals surface area contributed by atoms with Gasteiger partial charge in [-0.15, -0.1) is 11.3 Å². The maximum absolute atomic E-state index is 13.6. The Balaban J connectivity index is 1.89. The number of aryl methyl sites for hydroxylation is 2. The number of rotatable bonds is 5. The number of hydrogen-bond acceptors (Lipinski definition) is 4. The Morgan fingerprint density at radius 1 is 1.18 bits per heavy atom. The van der Waals surface area contributed by atoms with E-state index >= 15 is 0 Å². The van der Waals surface area contributed by atoms with E-state index in [0.717, 1.165) is 36.0 Å². The normalized spacial score (nSPS) is 14.3. The van der Waals surface area contributed by atoms with Crippen LogP contribution >= 0.6 is 11.3 Å². The van der Waals surface area contributed by atoms with E-state index in [0.29, 0.717) is 18.2 Å². The standard InChI is InChI=1S/C21H25FN4OS/c1-25(2)13-12-23-21-24-19-18(16-6-4-3-5-7-17(16)28-19)20(27)26(21)15-10-8-14(22)9-11-15/h8-11H,3-7,12-13H2,1-2H3,(H,23,24)/p+1. The molecule has 3 aromatic rings. The molecule has 2 heterocycles. The first kappa shape index (κ1) is 19.1. The second kappa shape index (κ2) is 8.01. The van der Waals surface area contributed by atoms with E-state index < -0.39 is 0 Å². The number of nitrogens with zero attached hydrogens (tertiary/aromatic N) is 2. The van der Waals surface area contributed by atoms with Gasteiger partial charge in [-0.25, -0.2) is 13.9 Å². The average Bonchev–Trinajstić information content (AvgIpc) is 2.84. The second-order valence-corrected chi connectivity index (χ2v) is 8.76. The van der Waals surface area contributed by atoms with E-state index in [1.54, 1.807) is 28.0 Å². The summed E-state index contributed by atoms with van der Waals surface area (Å²) in [6, 6.07) is 6.04. The van der Waals surface area contributed by atoms with Crippen LogP contribution in [0.25, 0.3) is 15.9 Å². The summed E-state index contributed by atoms with van der Waals surface area (Å²) in [5.41, 5.74) is 1.75. The molecule has 0 unspecified atom stereocenters. The number of aromatic nitrogens is 2. The summed E-state index contributed by atoms with van der Waals surface area (Å²) in [4.78, 5) is 21.8. The Morgan fingerprint density at radius 2 is 1.93 bits per heavy atom. The molecule has 0 saturated heterocycles. The summed E-state index contributed by atoms with van der Waals surface area (Å²) in [6.45, 7) is 1.60. The smallest absolute Gasteiger partial charge is 0.268 e. The van der Waals surface area contributed by atoms with Crippen molar-refractivity contribution >= 4 is 27.5 Å². The minimum Gasteiger partial charge on any atom is -0.350 e. The molecule has 1 aliphatic rings. The Hall–Kier alpha value is -2.25. The van der Waals surface area contributed by atoms with Crippen LogP contribution < -0.4 is 15.8 Å². The van der Waals surface area contributed by atoms with Crippen molar-refractivity contribution in [2.75, 3.05) is 32.5 Å². The van der Waals surface area contributed by atoms with Gasteiger partial charge in [0.15, 0.2) is 0 Å². The molecule has 0 bridgehead atoms. The van der Waals surface area contributed by atoms with E-state index in [4.69, 9.17) is 4.98 Å². The fourth-order valence-corrected chi connectivity index (χ4v) is 5.01. The number of anilines is 1. The van der Waals surface area contributed by atoms with Gasteiger partial charge in [0.05, 0.1) is 38.3 Å². The predicted molar refractivity (Wildman–Crippen MR) is 113 cm³/mol. The predicted octanol–water partition coefficient (Wildman–Crippen LogP) is 2.41. The average molecular weight is 402 g/mol. The Kier molecular flexibility index (Phi) is 5.46. The van der Waals surface area contributed by atoms with E-state index in [-0.39, 0.29) is 11.4 Å². The van der Waals surface area contributed by atoms with Crippen molar-refractivity contribution in [3.8, 4) is 5.69 Å². The summed E-state index contributed by atoms with van der Waals surface area (Å²) in [7, 11) is 4.17. The third-order valence-electron chi connectivity index (χ3n) is 5.23. The van der Waals surface area contributed by atoms with Crippen LogP contribution in [0.1, 0.15) is 29.7 Å². The molecule has 4 rings (SSSR count). The zero-order valence-electron chi connectivity index (χ0n) is 16.3. The molecule has 148 valence electrons. The van der Waals surface area contributed by atoms with Gasteiger partial charge >= 0.3 is 0 Å². The molecule has 7 heteroatoms. The lowest BCUT2D eigenvalue weighted by atomic mass is 10.1. The van der Waals surface area contributed by atoms with Crippen LogP contribution in [0.5, 0.6) is 0 Å². The summed E-state index contributed by atoms with van der Waals surface area (Å²) in [5.74, 6) is 0.211. The lowest BCUT2D eigenvalue weighted by Gasteiger charge is -2.15. The SMILES string of the molecule is C[NH+](C)CCNc1nc2sc3c(c2c(=O)n1-c1ccc(F)cc1)CCCCC3. The number of quaternary nitrogens is 1. The fraction of sp³-hybridized carbons (Fsp3) is 0.429. The number of benzene rings is 1. The Bertz CT molecular complexity index is 1040. The number of nitrogens with one attached hydrogen (secondary N) is 2. The van der Waals surface area contributed by atoms with Crippen LogP contribution in [0, 0.1) is 5.82 Å². The van der Waals surface area contributed by atoms with Crippen molar-refractivity contribution < 1.29 is 9.29 Å². The summed E-state index contributed by atoms with van der Waals surface area (Å²) in [5, 5.41) is 4.07.